The smallest absolute Gasteiger partial charge is 0.138 e. The number of imidazole rings is 1. The van der Waals surface area contributed by atoms with Crippen LogP contribution in [0.25, 0.3) is 38.6 Å². The number of morpholine rings is 1. The van der Waals surface area contributed by atoms with E-state index in [1.165, 1.54) is 14.8 Å². The molecule has 8 heteroatoms. The third kappa shape index (κ3) is 5.73. The molecule has 256 valence electrons. The molecule has 5 heterocycles. The minimum atomic E-state index is -0.750. The van der Waals surface area contributed by atoms with E-state index in [2.05, 4.69) is 172 Å². The van der Waals surface area contributed by atoms with Gasteiger partial charge in [-0.1, -0.05) is 103 Å². The predicted molar refractivity (Wildman–Crippen MR) is 215 cm³/mol. The molecule has 0 radical (unpaired) electrons. The second kappa shape index (κ2) is 14.0. The monoisotopic (exact) mass is 715 g/mol. The van der Waals surface area contributed by atoms with Crippen molar-refractivity contribution < 1.29 is 4.74 Å². The van der Waals surface area contributed by atoms with E-state index in [0.29, 0.717) is 0 Å². The van der Waals surface area contributed by atoms with Crippen molar-refractivity contribution in [1.29, 1.82) is 0 Å². The lowest BCUT2D eigenvalue weighted by Gasteiger charge is -2.36. The molecule has 0 amide bonds. The zero-order valence-corrected chi connectivity index (χ0v) is 30.4. The molecule has 1 saturated heterocycles. The summed E-state index contributed by atoms with van der Waals surface area (Å²) in [6.45, 7) is 3.28. The fourth-order valence-corrected chi connectivity index (χ4v) is 9.00. The summed E-state index contributed by atoms with van der Waals surface area (Å²) in [5.74, 6) is 0. The Hall–Kier alpha value is -5.41. The summed E-state index contributed by atoms with van der Waals surface area (Å²) in [6.07, 6.45) is 8.56. The molecule has 6 nitrogen and oxygen atoms in total. The van der Waals surface area contributed by atoms with Gasteiger partial charge in [0.1, 0.15) is 16.9 Å². The lowest BCUT2D eigenvalue weighted by Crippen LogP contribution is -2.38. The van der Waals surface area contributed by atoms with E-state index in [1.807, 2.05) is 6.20 Å². The average molecular weight is 716 g/mol. The molecular weight excluding hydrogens is 679 g/mol. The second-order valence-corrected chi connectivity index (χ2v) is 15.1. The van der Waals surface area contributed by atoms with E-state index >= 15 is 0 Å². The molecule has 52 heavy (non-hydrogen) atoms. The number of aromatic nitrogens is 4. The Morgan fingerprint density at radius 3 is 1.88 bits per heavy atom. The third-order valence-corrected chi connectivity index (χ3v) is 12.2. The highest BCUT2D eigenvalue weighted by atomic mass is 32.2. The molecule has 8 aromatic rings. The number of nitrogens with zero attached hydrogens (tertiary/aromatic N) is 5. The maximum Gasteiger partial charge on any atom is 0.138 e. The molecule has 0 N–H and O–H groups in total. The maximum absolute atomic E-state index is 5.63. The molecule has 0 unspecified atom stereocenters. The van der Waals surface area contributed by atoms with Gasteiger partial charge in [-0.3, -0.25) is 9.08 Å². The Morgan fingerprint density at radius 2 is 1.29 bits per heavy atom. The van der Waals surface area contributed by atoms with Crippen molar-refractivity contribution in [2.75, 3.05) is 37.5 Å². The first-order valence-corrected chi connectivity index (χ1v) is 19.6. The number of hydrogen-bond donors (Lipinski definition) is 0. The van der Waals surface area contributed by atoms with Gasteiger partial charge >= 0.3 is 0 Å². The van der Waals surface area contributed by atoms with Crippen LogP contribution in [0.4, 0.5) is 5.69 Å². The molecule has 1 fully saturated rings. The number of fused-ring (bicyclic) bond motifs is 1. The number of pyridine rings is 1. The summed E-state index contributed by atoms with van der Waals surface area (Å²) in [7, 11) is 0. The number of anilines is 1. The average Bonchev–Trinajstić information content (AvgIpc) is 3.99. The van der Waals surface area contributed by atoms with Crippen molar-refractivity contribution in [3.05, 3.63) is 175 Å². The van der Waals surface area contributed by atoms with E-state index < -0.39 is 5.54 Å². The van der Waals surface area contributed by atoms with E-state index in [0.717, 1.165) is 76.7 Å². The first-order valence-electron chi connectivity index (χ1n) is 17.5. The van der Waals surface area contributed by atoms with Gasteiger partial charge in [0.05, 0.1) is 34.2 Å². The van der Waals surface area contributed by atoms with Gasteiger partial charge in [-0.25, -0.2) is 4.98 Å². The Bertz CT molecular complexity index is 2330. The molecular formula is C44H37N5OS2. The van der Waals surface area contributed by atoms with Crippen LogP contribution in [-0.2, 0) is 10.3 Å². The minimum absolute atomic E-state index is 0.750. The van der Waals surface area contributed by atoms with Crippen LogP contribution in [0.15, 0.2) is 162 Å². The fourth-order valence-electron chi connectivity index (χ4n) is 7.45. The van der Waals surface area contributed by atoms with Gasteiger partial charge in [-0.15, -0.1) is 23.1 Å². The van der Waals surface area contributed by atoms with Gasteiger partial charge in [-0.05, 0) is 59.3 Å². The lowest BCUT2D eigenvalue weighted by atomic mass is 9.77. The molecule has 4 aromatic heterocycles. The van der Waals surface area contributed by atoms with Crippen LogP contribution < -0.4 is 4.90 Å². The van der Waals surface area contributed by atoms with E-state index in [9.17, 15) is 0 Å². The fraction of sp³-hybridized carbons (Fsp3) is 0.136. The summed E-state index contributed by atoms with van der Waals surface area (Å²) < 4.78 is 11.3. The number of ether oxygens (including phenoxy) is 1. The van der Waals surface area contributed by atoms with Crippen molar-refractivity contribution in [2.45, 2.75) is 9.75 Å². The van der Waals surface area contributed by atoms with Gasteiger partial charge in [0, 0.05) is 47.9 Å². The number of hydrogen-bond acceptors (Lipinski definition) is 6. The van der Waals surface area contributed by atoms with Crippen LogP contribution in [0.1, 0.15) is 16.7 Å². The molecule has 9 rings (SSSR count). The van der Waals surface area contributed by atoms with Gasteiger partial charge in [0.2, 0.25) is 0 Å². The Balaban J connectivity index is 1.29. The van der Waals surface area contributed by atoms with Crippen molar-refractivity contribution in [1.82, 2.24) is 19.2 Å². The summed E-state index contributed by atoms with van der Waals surface area (Å²) in [5, 5.41) is 5.62. The van der Waals surface area contributed by atoms with Crippen molar-refractivity contribution >= 4 is 34.4 Å². The standard InChI is InChI=1S/C44H37N5OS2/c1-51-42-24-22-40(52-42)39-29-45-41-23-19-33(30-48(39)41)38-31-49(46-43(38)32-17-20-37(21-18-32)47-25-27-50-28-26-47)44(34-11-5-2-6-12-34,35-13-7-3-8-14-35)36-15-9-4-10-16-36/h2-24,29-31H,25-28H2,1H3. The highest BCUT2D eigenvalue weighted by Gasteiger charge is 2.40. The zero-order chi connectivity index (χ0) is 34.9. The quantitative estimate of drug-likeness (QED) is 0.110. The predicted octanol–water partition coefficient (Wildman–Crippen LogP) is 9.99. The molecule has 0 spiro atoms. The molecule has 1 aliphatic heterocycles. The Labute approximate surface area is 312 Å². The third-order valence-electron chi connectivity index (χ3n) is 10.0. The lowest BCUT2D eigenvalue weighted by molar-refractivity contribution is 0.122. The highest BCUT2D eigenvalue weighted by molar-refractivity contribution is 8.00. The summed E-state index contributed by atoms with van der Waals surface area (Å²) in [4.78, 5) is 8.37. The molecule has 0 atom stereocenters. The van der Waals surface area contributed by atoms with Gasteiger partial charge in [-0.2, -0.15) is 5.10 Å². The van der Waals surface area contributed by atoms with Crippen LogP contribution in [0.2, 0.25) is 0 Å². The minimum Gasteiger partial charge on any atom is -0.378 e. The van der Waals surface area contributed by atoms with E-state index in [4.69, 9.17) is 14.8 Å². The molecule has 0 bridgehead atoms. The van der Waals surface area contributed by atoms with Gasteiger partial charge < -0.3 is 9.64 Å². The number of thioether (sulfide) groups is 1. The molecule has 4 aromatic carbocycles. The van der Waals surface area contributed by atoms with Crippen molar-refractivity contribution in [3.8, 4) is 33.0 Å². The largest absolute Gasteiger partial charge is 0.378 e. The molecule has 0 aliphatic carbocycles. The summed E-state index contributed by atoms with van der Waals surface area (Å²) >= 11 is 3.56. The van der Waals surface area contributed by atoms with Crippen molar-refractivity contribution in [2.24, 2.45) is 0 Å². The molecule has 0 saturated carbocycles. The summed E-state index contributed by atoms with van der Waals surface area (Å²) in [5.41, 5.74) is 9.92. The van der Waals surface area contributed by atoms with Crippen molar-refractivity contribution in [3.63, 3.8) is 0 Å². The maximum atomic E-state index is 5.63. The zero-order valence-electron chi connectivity index (χ0n) is 28.8. The topological polar surface area (TPSA) is 47.6 Å². The molecule has 1 aliphatic rings. The Kier molecular flexibility index (Phi) is 8.72. The first kappa shape index (κ1) is 32.5. The van der Waals surface area contributed by atoms with Gasteiger partial charge in [0.15, 0.2) is 0 Å². The number of rotatable bonds is 9. The van der Waals surface area contributed by atoms with Crippen LogP contribution in [-0.4, -0.2) is 51.7 Å². The first-order chi connectivity index (χ1) is 25.7. The Morgan fingerprint density at radius 1 is 0.673 bits per heavy atom. The normalized spacial score (nSPS) is 13.5. The van der Waals surface area contributed by atoms with Gasteiger partial charge in [0.25, 0.3) is 0 Å². The SMILES string of the molecule is CSc1ccc(-c2cnc3ccc(-c4cn(C(c5ccccc5)(c5ccccc5)c5ccccc5)nc4-c4ccc(N5CCOCC5)cc4)cn23)s1. The van der Waals surface area contributed by atoms with E-state index in [-0.39, 0.29) is 0 Å². The summed E-state index contributed by atoms with van der Waals surface area (Å²) in [6, 6.07) is 49.8. The number of thiophene rings is 1. The highest BCUT2D eigenvalue weighted by Crippen LogP contribution is 2.44. The van der Waals surface area contributed by atoms with E-state index in [1.54, 1.807) is 23.1 Å². The second-order valence-electron chi connectivity index (χ2n) is 12.9. The number of benzene rings is 4. The van der Waals surface area contributed by atoms with Crippen LogP contribution in [0.3, 0.4) is 0 Å². The van der Waals surface area contributed by atoms with Crippen LogP contribution in [0.5, 0.6) is 0 Å². The van der Waals surface area contributed by atoms with Crippen LogP contribution in [0, 0.1) is 0 Å². The van der Waals surface area contributed by atoms with Crippen LogP contribution >= 0.6 is 23.1 Å².